The number of hydrogen-bond acceptors (Lipinski definition) is 9. The van der Waals surface area contributed by atoms with E-state index in [0.717, 1.165) is 18.4 Å². The summed E-state index contributed by atoms with van der Waals surface area (Å²) >= 11 is 0. The summed E-state index contributed by atoms with van der Waals surface area (Å²) < 4.78 is 21.9. The first-order chi connectivity index (χ1) is 20.5. The molecule has 43 heavy (non-hydrogen) atoms. The predicted molar refractivity (Wildman–Crippen MR) is 167 cm³/mol. The van der Waals surface area contributed by atoms with E-state index in [9.17, 15) is 14.7 Å². The van der Waals surface area contributed by atoms with Gasteiger partial charge in [-0.3, -0.25) is 15.0 Å². The average molecular weight is 609 g/mol. The molecule has 2 amide bonds. The second-order valence-corrected chi connectivity index (χ2v) is 12.2. The quantitative estimate of drug-likeness (QED) is 0.174. The molecule has 11 heteroatoms. The minimum Gasteiger partial charge on any atom is -0.493 e. The SMILES string of the molecule is COCCCOc1cc(C[C@@H](C[C@H](N)[C@@H](O)C[C@H](C(=O)N[C@@H](C)C(=O)NN2CCOCC2)C(C)C)C(C)C)ccc1OC. The number of morpholine rings is 1. The van der Waals surface area contributed by atoms with Crippen molar-refractivity contribution < 1.29 is 33.6 Å². The lowest BCUT2D eigenvalue weighted by molar-refractivity contribution is -0.135. The molecule has 1 heterocycles. The van der Waals surface area contributed by atoms with Crippen molar-refractivity contribution in [2.75, 3.05) is 53.7 Å². The lowest BCUT2D eigenvalue weighted by atomic mass is 9.80. The number of aliphatic hydroxyl groups is 1. The molecule has 0 aliphatic carbocycles. The Balaban J connectivity index is 1.98. The molecule has 1 aromatic rings. The predicted octanol–water partition coefficient (Wildman–Crippen LogP) is 2.53. The molecule has 0 unspecified atom stereocenters. The Bertz CT molecular complexity index is 971. The molecule has 1 saturated heterocycles. The van der Waals surface area contributed by atoms with Gasteiger partial charge in [-0.1, -0.05) is 33.8 Å². The first kappa shape index (κ1) is 36.8. The molecule has 246 valence electrons. The van der Waals surface area contributed by atoms with Gasteiger partial charge in [0.15, 0.2) is 11.5 Å². The van der Waals surface area contributed by atoms with Crippen molar-refractivity contribution in [1.29, 1.82) is 0 Å². The lowest BCUT2D eigenvalue weighted by Crippen LogP contribution is -2.55. The lowest BCUT2D eigenvalue weighted by Gasteiger charge is -2.31. The van der Waals surface area contributed by atoms with Gasteiger partial charge in [0.25, 0.3) is 5.91 Å². The fourth-order valence-electron chi connectivity index (χ4n) is 5.18. The number of nitrogens with two attached hydrogens (primary N) is 1. The van der Waals surface area contributed by atoms with E-state index < -0.39 is 24.1 Å². The highest BCUT2D eigenvalue weighted by molar-refractivity contribution is 5.88. The molecule has 0 aromatic heterocycles. The van der Waals surface area contributed by atoms with Crippen LogP contribution in [0.3, 0.4) is 0 Å². The van der Waals surface area contributed by atoms with Gasteiger partial charge < -0.3 is 35.1 Å². The number of ether oxygens (including phenoxy) is 4. The van der Waals surface area contributed by atoms with Gasteiger partial charge in [0, 0.05) is 45.2 Å². The summed E-state index contributed by atoms with van der Waals surface area (Å²) in [6, 6.07) is 4.74. The van der Waals surface area contributed by atoms with Gasteiger partial charge in [-0.15, -0.1) is 0 Å². The van der Waals surface area contributed by atoms with Crippen LogP contribution in [0.4, 0.5) is 0 Å². The van der Waals surface area contributed by atoms with Crippen molar-refractivity contribution in [3.63, 3.8) is 0 Å². The smallest absolute Gasteiger partial charge is 0.256 e. The Morgan fingerprint density at radius 1 is 1.00 bits per heavy atom. The normalized spacial score (nSPS) is 17.7. The number of nitrogens with one attached hydrogen (secondary N) is 2. The van der Waals surface area contributed by atoms with E-state index in [0.29, 0.717) is 63.4 Å². The molecular weight excluding hydrogens is 552 g/mol. The van der Waals surface area contributed by atoms with Crippen LogP contribution >= 0.6 is 0 Å². The summed E-state index contributed by atoms with van der Waals surface area (Å²) in [4.78, 5) is 25.9. The zero-order chi connectivity index (χ0) is 31.9. The van der Waals surface area contributed by atoms with Gasteiger partial charge >= 0.3 is 0 Å². The largest absolute Gasteiger partial charge is 0.493 e. The molecule has 0 spiro atoms. The Hall–Kier alpha value is -2.44. The highest BCUT2D eigenvalue weighted by Gasteiger charge is 2.31. The third-order valence-electron chi connectivity index (χ3n) is 8.16. The minimum absolute atomic E-state index is 0.0427. The number of carbonyl (C=O) groups is 2. The molecule has 1 aromatic carbocycles. The number of nitrogens with zero attached hydrogens (tertiary/aromatic N) is 1. The Labute approximate surface area is 258 Å². The second-order valence-electron chi connectivity index (χ2n) is 12.2. The maximum Gasteiger partial charge on any atom is 0.256 e. The molecule has 11 nitrogen and oxygen atoms in total. The van der Waals surface area contributed by atoms with Crippen LogP contribution in [-0.2, 0) is 25.5 Å². The molecule has 0 bridgehead atoms. The number of carbonyl (C=O) groups excluding carboxylic acids is 2. The number of hydrogen-bond donors (Lipinski definition) is 4. The summed E-state index contributed by atoms with van der Waals surface area (Å²) in [5.41, 5.74) is 10.5. The molecule has 1 aliphatic heterocycles. The van der Waals surface area contributed by atoms with Gasteiger partial charge in [0.05, 0.1) is 33.0 Å². The van der Waals surface area contributed by atoms with Crippen LogP contribution in [0.1, 0.15) is 59.4 Å². The number of methoxy groups -OCH3 is 2. The maximum absolute atomic E-state index is 13.2. The van der Waals surface area contributed by atoms with E-state index in [1.54, 1.807) is 26.2 Å². The van der Waals surface area contributed by atoms with Crippen LogP contribution in [0.15, 0.2) is 18.2 Å². The Morgan fingerprint density at radius 2 is 1.70 bits per heavy atom. The molecular formula is C32H56N4O7. The first-order valence-electron chi connectivity index (χ1n) is 15.6. The summed E-state index contributed by atoms with van der Waals surface area (Å²) in [5.74, 6) is 0.827. The van der Waals surface area contributed by atoms with Gasteiger partial charge in [-0.05, 0) is 61.6 Å². The highest BCUT2D eigenvalue weighted by Crippen LogP contribution is 2.31. The van der Waals surface area contributed by atoms with Gasteiger partial charge in [0.2, 0.25) is 5.91 Å². The zero-order valence-corrected chi connectivity index (χ0v) is 27.3. The third kappa shape index (κ3) is 12.6. The van der Waals surface area contributed by atoms with Crippen LogP contribution < -0.4 is 25.9 Å². The van der Waals surface area contributed by atoms with Gasteiger partial charge in [0.1, 0.15) is 6.04 Å². The van der Waals surface area contributed by atoms with Crippen molar-refractivity contribution >= 4 is 11.8 Å². The third-order valence-corrected chi connectivity index (χ3v) is 8.16. The second kappa shape index (κ2) is 19.1. The topological polar surface area (TPSA) is 145 Å². The van der Waals surface area contributed by atoms with Crippen LogP contribution in [0.2, 0.25) is 0 Å². The summed E-state index contributed by atoms with van der Waals surface area (Å²) in [6.45, 7) is 13.3. The molecule has 0 saturated carbocycles. The Kier molecular flexibility index (Phi) is 16.3. The number of benzene rings is 1. The number of aliphatic hydroxyl groups excluding tert-OH is 1. The van der Waals surface area contributed by atoms with Crippen molar-refractivity contribution in [3.8, 4) is 11.5 Å². The first-order valence-corrected chi connectivity index (χ1v) is 15.6. The van der Waals surface area contributed by atoms with Crippen molar-refractivity contribution in [2.24, 2.45) is 29.4 Å². The van der Waals surface area contributed by atoms with Crippen LogP contribution in [0.5, 0.6) is 11.5 Å². The highest BCUT2D eigenvalue weighted by atomic mass is 16.5. The van der Waals surface area contributed by atoms with Crippen molar-refractivity contribution in [1.82, 2.24) is 15.8 Å². The molecule has 0 radical (unpaired) electrons. The summed E-state index contributed by atoms with van der Waals surface area (Å²) in [7, 11) is 3.29. The summed E-state index contributed by atoms with van der Waals surface area (Å²) in [6.07, 6.45) is 1.49. The number of amides is 2. The fourth-order valence-corrected chi connectivity index (χ4v) is 5.18. The van der Waals surface area contributed by atoms with E-state index in [1.807, 2.05) is 32.0 Å². The van der Waals surface area contributed by atoms with Crippen molar-refractivity contribution in [2.45, 2.75) is 78.5 Å². The number of hydrazine groups is 1. The standard InChI is InChI=1S/C32H56N4O7/c1-21(2)25(17-24-9-10-29(41-7)30(18-24)43-14-8-13-40-6)19-27(33)28(37)20-26(22(3)4)32(39)34-23(5)31(38)35-36-11-15-42-16-12-36/h9-10,18,21-23,25-28,37H,8,11-17,19-20,33H2,1-7H3,(H,34,39)(H,35,38)/t23-,25-,26-,27-,28-/m0/s1. The molecule has 1 fully saturated rings. The van der Waals surface area contributed by atoms with Crippen LogP contribution in [0, 0.1) is 23.7 Å². The summed E-state index contributed by atoms with van der Waals surface area (Å²) in [5, 5.41) is 15.8. The van der Waals surface area contributed by atoms with Crippen LogP contribution in [0.25, 0.3) is 0 Å². The van der Waals surface area contributed by atoms with Gasteiger partial charge in [-0.2, -0.15) is 0 Å². The van der Waals surface area contributed by atoms with Gasteiger partial charge in [-0.25, -0.2) is 5.01 Å². The maximum atomic E-state index is 13.2. The molecule has 5 N–H and O–H groups in total. The van der Waals surface area contributed by atoms with E-state index >= 15 is 0 Å². The molecule has 1 aliphatic rings. The number of rotatable bonds is 19. The molecule has 5 atom stereocenters. The van der Waals surface area contributed by atoms with Crippen molar-refractivity contribution in [3.05, 3.63) is 23.8 Å². The van der Waals surface area contributed by atoms with E-state index in [4.69, 9.17) is 24.7 Å². The molecule has 2 rings (SSSR count). The fraction of sp³-hybridized carbons (Fsp3) is 0.750. The van der Waals surface area contributed by atoms with E-state index in [1.165, 1.54) is 0 Å². The van der Waals surface area contributed by atoms with E-state index in [2.05, 4.69) is 24.6 Å². The monoisotopic (exact) mass is 608 g/mol. The Morgan fingerprint density at radius 3 is 2.30 bits per heavy atom. The van der Waals surface area contributed by atoms with E-state index in [-0.39, 0.29) is 30.1 Å². The zero-order valence-electron chi connectivity index (χ0n) is 27.3. The minimum atomic E-state index is -0.868. The van der Waals surface area contributed by atoms with Crippen LogP contribution in [-0.4, -0.2) is 93.9 Å². The average Bonchev–Trinajstić information content (AvgIpc) is 2.97.